The number of fused-ring (bicyclic) bond motifs is 4. The van der Waals surface area contributed by atoms with Gasteiger partial charge in [0.1, 0.15) is 29.6 Å². The summed E-state index contributed by atoms with van der Waals surface area (Å²) in [6.45, 7) is 24.4. The Morgan fingerprint density at radius 2 is 1.53 bits per heavy atom. The number of hydrogen-bond donors (Lipinski definition) is 0. The Hall–Kier alpha value is -3.61. The Morgan fingerprint density at radius 3 is 2.18 bits per heavy atom. The van der Waals surface area contributed by atoms with Crippen LogP contribution in [0.15, 0.2) is 47.7 Å². The van der Waals surface area contributed by atoms with Gasteiger partial charge < -0.3 is 23.1 Å². The molecule has 51 heavy (non-hydrogen) atoms. The number of hydrogen-bond acceptors (Lipinski definition) is 7. The summed E-state index contributed by atoms with van der Waals surface area (Å²) in [4.78, 5) is 25.2. The molecule has 0 aromatic heterocycles. The van der Waals surface area contributed by atoms with E-state index in [4.69, 9.17) is 23.1 Å². The Kier molecular flexibility index (Phi) is 10.0. The van der Waals surface area contributed by atoms with Gasteiger partial charge in [-0.05, 0) is 83.3 Å². The number of rotatable bonds is 9. The van der Waals surface area contributed by atoms with Crippen LogP contribution in [0, 0.1) is 0 Å². The molecule has 0 N–H and O–H groups in total. The first kappa shape index (κ1) is 37.2. The summed E-state index contributed by atoms with van der Waals surface area (Å²) in [6, 6.07) is 10.1. The van der Waals surface area contributed by atoms with Gasteiger partial charge >= 0.3 is 0 Å². The molecule has 0 spiro atoms. The topological polar surface area (TPSA) is 83.5 Å². The standard InChI is InChI=1S/C41H55NO7Si2/c1-40(2,3)50(7,8)48-31-22-29-24-34(27-13-15-30(16-14-27)45-21-19-42-36(43)17-18-37(42)44)47-26-33(29)38-32(25-31)39-28(12-11-20-46-39)23-35(38)49-51(9,10)41(4,5)6/h12-16,22-23,25,34H,11,17-21,24,26H2,1-10H3. The molecule has 0 bridgehead atoms. The van der Waals surface area contributed by atoms with Crippen LogP contribution in [-0.2, 0) is 18.8 Å². The molecule has 3 aliphatic heterocycles. The Morgan fingerprint density at radius 1 is 0.882 bits per heavy atom. The lowest BCUT2D eigenvalue weighted by Gasteiger charge is -2.37. The van der Waals surface area contributed by atoms with E-state index in [-0.39, 0.29) is 54.0 Å². The second-order valence-electron chi connectivity index (χ2n) is 17.2. The third kappa shape index (κ3) is 7.64. The van der Waals surface area contributed by atoms with Crippen molar-refractivity contribution >= 4 is 46.2 Å². The van der Waals surface area contributed by atoms with Crippen molar-refractivity contribution in [1.82, 2.24) is 4.90 Å². The SMILES string of the molecule is CC(C)(C)[Si](C)(C)OC1=Cc2c3c(cc(O[Si](C)(C)C(C)(C)C)c2=C2COC(c4ccc(OCCN5C(=O)CCC5=O)cc4)CC2=C1)=CCCO3. The first-order valence-electron chi connectivity index (χ1n) is 18.4. The maximum atomic E-state index is 12.0. The van der Waals surface area contributed by atoms with E-state index in [1.165, 1.54) is 10.5 Å². The van der Waals surface area contributed by atoms with Crippen molar-refractivity contribution in [3.05, 3.63) is 69.3 Å². The zero-order valence-corrected chi connectivity index (χ0v) is 34.2. The van der Waals surface area contributed by atoms with E-state index in [9.17, 15) is 9.59 Å². The van der Waals surface area contributed by atoms with E-state index in [1.807, 2.05) is 24.3 Å². The fourth-order valence-corrected chi connectivity index (χ4v) is 8.38. The summed E-state index contributed by atoms with van der Waals surface area (Å²) in [5.41, 5.74) is 4.35. The highest BCUT2D eigenvalue weighted by atomic mass is 28.4. The zero-order valence-electron chi connectivity index (χ0n) is 32.2. The van der Waals surface area contributed by atoms with Gasteiger partial charge in [-0.15, -0.1) is 0 Å². The lowest BCUT2D eigenvalue weighted by molar-refractivity contribution is -0.138. The van der Waals surface area contributed by atoms with Crippen LogP contribution in [0.5, 0.6) is 17.2 Å². The van der Waals surface area contributed by atoms with E-state index < -0.39 is 16.6 Å². The summed E-state index contributed by atoms with van der Waals surface area (Å²) >= 11 is 0. The van der Waals surface area contributed by atoms with Crippen molar-refractivity contribution in [2.24, 2.45) is 0 Å². The largest absolute Gasteiger partial charge is 0.543 e. The molecule has 274 valence electrons. The maximum Gasteiger partial charge on any atom is 0.250 e. The minimum absolute atomic E-state index is 0.0174. The van der Waals surface area contributed by atoms with Crippen LogP contribution < -0.4 is 24.3 Å². The Labute approximate surface area is 305 Å². The highest BCUT2D eigenvalue weighted by Gasteiger charge is 2.42. The minimum atomic E-state index is -2.22. The number of carbonyl (C=O) groups excluding carboxylic acids is 2. The average Bonchev–Trinajstić information content (AvgIpc) is 3.26. The van der Waals surface area contributed by atoms with Crippen molar-refractivity contribution in [3.63, 3.8) is 0 Å². The predicted molar refractivity (Wildman–Crippen MR) is 207 cm³/mol. The van der Waals surface area contributed by atoms with E-state index >= 15 is 0 Å². The van der Waals surface area contributed by atoms with Crippen LogP contribution in [0.25, 0.3) is 17.7 Å². The molecule has 6 rings (SSSR count). The summed E-state index contributed by atoms with van der Waals surface area (Å²) in [5.74, 6) is 3.06. The van der Waals surface area contributed by atoms with Crippen molar-refractivity contribution < 1.29 is 32.7 Å². The van der Waals surface area contributed by atoms with Crippen molar-refractivity contribution in [2.45, 2.75) is 110 Å². The van der Waals surface area contributed by atoms with E-state index in [0.29, 0.717) is 25.4 Å². The highest BCUT2D eigenvalue weighted by molar-refractivity contribution is 6.75. The van der Waals surface area contributed by atoms with Crippen LogP contribution >= 0.6 is 0 Å². The summed E-state index contributed by atoms with van der Waals surface area (Å²) < 4.78 is 33.3. The van der Waals surface area contributed by atoms with E-state index in [1.54, 1.807) is 0 Å². The molecule has 2 amide bonds. The van der Waals surface area contributed by atoms with Gasteiger partial charge in [-0.25, -0.2) is 0 Å². The molecule has 0 saturated carbocycles. The van der Waals surface area contributed by atoms with Gasteiger partial charge in [0.05, 0.1) is 25.9 Å². The molecule has 0 radical (unpaired) electrons. The number of carbonyl (C=O) groups is 2. The van der Waals surface area contributed by atoms with Crippen molar-refractivity contribution in [1.29, 1.82) is 0 Å². The number of allylic oxidation sites excluding steroid dienone is 1. The van der Waals surface area contributed by atoms with Crippen LogP contribution in [0.4, 0.5) is 0 Å². The summed E-state index contributed by atoms with van der Waals surface area (Å²) in [7, 11) is -4.42. The van der Waals surface area contributed by atoms with Crippen LogP contribution in [0.1, 0.15) is 84.5 Å². The fraction of sp³-hybridized carbons (Fsp3) is 0.512. The molecule has 2 fully saturated rings. The average molecular weight is 730 g/mol. The van der Waals surface area contributed by atoms with Gasteiger partial charge in [0.25, 0.3) is 8.32 Å². The fourth-order valence-electron chi connectivity index (χ4n) is 6.35. The molecular weight excluding hydrogens is 675 g/mol. The molecule has 2 aromatic carbocycles. The van der Waals surface area contributed by atoms with E-state index in [2.05, 4.69) is 92.0 Å². The number of nitrogens with zero attached hydrogens (tertiary/aromatic N) is 1. The second-order valence-corrected chi connectivity index (χ2v) is 26.7. The maximum absolute atomic E-state index is 12.0. The number of likely N-dealkylation sites (tertiary alicyclic amines) is 1. The first-order valence-corrected chi connectivity index (χ1v) is 24.2. The molecule has 4 aliphatic rings. The third-order valence-electron chi connectivity index (χ3n) is 11.5. The molecule has 8 nitrogen and oxygen atoms in total. The second kappa shape index (κ2) is 13.7. The van der Waals surface area contributed by atoms with Gasteiger partial charge in [0, 0.05) is 41.7 Å². The highest BCUT2D eigenvalue weighted by Crippen LogP contribution is 2.43. The van der Waals surface area contributed by atoms with Crippen LogP contribution in [-0.4, -0.2) is 59.7 Å². The van der Waals surface area contributed by atoms with Crippen molar-refractivity contribution in [3.8, 4) is 17.2 Å². The molecule has 1 unspecified atom stereocenters. The van der Waals surface area contributed by atoms with Gasteiger partial charge in [-0.1, -0.05) is 59.8 Å². The molecule has 2 saturated heterocycles. The molecular formula is C41H55NO7Si2. The Balaban J connectivity index is 1.37. The molecule has 3 heterocycles. The number of benzene rings is 2. The monoisotopic (exact) mass is 729 g/mol. The van der Waals surface area contributed by atoms with Crippen molar-refractivity contribution in [2.75, 3.05) is 26.4 Å². The van der Waals surface area contributed by atoms with Gasteiger partial charge in [-0.2, -0.15) is 0 Å². The van der Waals surface area contributed by atoms with Crippen LogP contribution in [0.2, 0.25) is 36.3 Å². The number of imide groups is 1. The lowest BCUT2D eigenvalue weighted by atomic mass is 9.91. The summed E-state index contributed by atoms with van der Waals surface area (Å²) in [6.07, 6.45) is 8.61. The smallest absolute Gasteiger partial charge is 0.250 e. The van der Waals surface area contributed by atoms with Gasteiger partial charge in [0.15, 0.2) is 0 Å². The molecule has 2 aromatic rings. The zero-order chi connectivity index (χ0) is 36.9. The van der Waals surface area contributed by atoms with Crippen LogP contribution in [0.3, 0.4) is 0 Å². The lowest BCUT2D eigenvalue weighted by Crippen LogP contribution is -2.45. The first-order chi connectivity index (χ1) is 23.8. The van der Waals surface area contributed by atoms with Gasteiger partial charge in [-0.3, -0.25) is 14.5 Å². The quantitative estimate of drug-likeness (QED) is 0.193. The number of ether oxygens (including phenoxy) is 3. The third-order valence-corrected chi connectivity index (χ3v) is 20.2. The Bertz CT molecular complexity index is 1880. The predicted octanol–water partition coefficient (Wildman–Crippen LogP) is 7.78. The summed E-state index contributed by atoms with van der Waals surface area (Å²) in [5, 5.41) is 2.15. The minimum Gasteiger partial charge on any atom is -0.543 e. The molecule has 1 atom stereocenters. The molecule has 10 heteroatoms. The van der Waals surface area contributed by atoms with E-state index in [0.717, 1.165) is 50.8 Å². The molecule has 1 aliphatic carbocycles. The number of amides is 2. The normalized spacial score (nSPS) is 19.5. The van der Waals surface area contributed by atoms with Gasteiger partial charge in [0.2, 0.25) is 20.1 Å².